The summed E-state index contributed by atoms with van der Waals surface area (Å²) >= 11 is 0. The summed E-state index contributed by atoms with van der Waals surface area (Å²) in [5.41, 5.74) is 0.810. The molecule has 0 aromatic carbocycles. The van der Waals surface area contributed by atoms with E-state index >= 15 is 0 Å². The summed E-state index contributed by atoms with van der Waals surface area (Å²) in [4.78, 5) is 14.2. The number of hydrogen-bond donors (Lipinski definition) is 0. The van der Waals surface area contributed by atoms with Crippen molar-refractivity contribution in [3.63, 3.8) is 0 Å². The van der Waals surface area contributed by atoms with Gasteiger partial charge < -0.3 is 4.57 Å². The highest BCUT2D eigenvalue weighted by Crippen LogP contribution is 2.22. The van der Waals surface area contributed by atoms with E-state index in [0.717, 1.165) is 5.69 Å². The van der Waals surface area contributed by atoms with Crippen LogP contribution in [0.25, 0.3) is 0 Å². The van der Waals surface area contributed by atoms with Crippen LogP contribution in [0.2, 0.25) is 0 Å². The SMILES string of the molecule is CN(CC(=O)c1cccn1C)C1CCCC1. The number of aromatic nitrogens is 1. The molecule has 1 aliphatic rings. The molecule has 1 fully saturated rings. The summed E-state index contributed by atoms with van der Waals surface area (Å²) in [6.45, 7) is 0.544. The van der Waals surface area contributed by atoms with Crippen molar-refractivity contribution < 1.29 is 4.79 Å². The van der Waals surface area contributed by atoms with Crippen molar-refractivity contribution in [1.82, 2.24) is 9.47 Å². The summed E-state index contributed by atoms with van der Waals surface area (Å²) in [5.74, 6) is 0.224. The molecule has 3 nitrogen and oxygen atoms in total. The van der Waals surface area contributed by atoms with Crippen LogP contribution in [-0.4, -0.2) is 34.9 Å². The van der Waals surface area contributed by atoms with Gasteiger partial charge in [-0.05, 0) is 32.0 Å². The maximum atomic E-state index is 12.0. The Labute approximate surface area is 97.1 Å². The minimum Gasteiger partial charge on any atom is -0.348 e. The highest BCUT2D eigenvalue weighted by Gasteiger charge is 2.22. The van der Waals surface area contributed by atoms with Crippen molar-refractivity contribution >= 4 is 5.78 Å². The second-order valence-corrected chi connectivity index (χ2v) is 4.78. The van der Waals surface area contributed by atoms with Crippen LogP contribution >= 0.6 is 0 Å². The first-order valence-electron chi connectivity index (χ1n) is 6.03. The fourth-order valence-electron chi connectivity index (χ4n) is 2.53. The third kappa shape index (κ3) is 2.35. The normalized spacial score (nSPS) is 17.2. The topological polar surface area (TPSA) is 25.2 Å². The van der Waals surface area contributed by atoms with Crippen molar-refractivity contribution in [1.29, 1.82) is 0 Å². The Balaban J connectivity index is 1.94. The van der Waals surface area contributed by atoms with Crippen molar-refractivity contribution in [2.75, 3.05) is 13.6 Å². The molecule has 0 radical (unpaired) electrons. The molecule has 16 heavy (non-hydrogen) atoms. The zero-order chi connectivity index (χ0) is 11.5. The van der Waals surface area contributed by atoms with Gasteiger partial charge in [0, 0.05) is 19.3 Å². The fraction of sp³-hybridized carbons (Fsp3) is 0.615. The average molecular weight is 220 g/mol. The summed E-state index contributed by atoms with van der Waals surface area (Å²) in [5, 5.41) is 0. The van der Waals surface area contributed by atoms with Gasteiger partial charge in [-0.15, -0.1) is 0 Å². The van der Waals surface area contributed by atoms with Crippen LogP contribution < -0.4 is 0 Å². The van der Waals surface area contributed by atoms with Gasteiger partial charge in [-0.2, -0.15) is 0 Å². The molecule has 3 heteroatoms. The fourth-order valence-corrected chi connectivity index (χ4v) is 2.53. The average Bonchev–Trinajstić information content (AvgIpc) is 2.86. The van der Waals surface area contributed by atoms with Gasteiger partial charge in [0.2, 0.25) is 0 Å². The van der Waals surface area contributed by atoms with Gasteiger partial charge in [0.05, 0.1) is 12.2 Å². The third-order valence-corrected chi connectivity index (χ3v) is 3.57. The molecule has 1 heterocycles. The quantitative estimate of drug-likeness (QED) is 0.726. The lowest BCUT2D eigenvalue weighted by Crippen LogP contribution is -2.34. The molecule has 1 aromatic heterocycles. The lowest BCUT2D eigenvalue weighted by molar-refractivity contribution is 0.0913. The molecule has 0 bridgehead atoms. The van der Waals surface area contributed by atoms with Gasteiger partial charge in [-0.1, -0.05) is 12.8 Å². The maximum Gasteiger partial charge on any atom is 0.193 e. The number of Topliss-reactive ketones (excluding diaryl/α,β-unsaturated/α-hetero) is 1. The van der Waals surface area contributed by atoms with E-state index in [1.807, 2.05) is 29.9 Å². The molecule has 0 spiro atoms. The van der Waals surface area contributed by atoms with E-state index in [0.29, 0.717) is 12.6 Å². The van der Waals surface area contributed by atoms with Gasteiger partial charge in [0.1, 0.15) is 0 Å². The van der Waals surface area contributed by atoms with Crippen LogP contribution in [0.4, 0.5) is 0 Å². The Hall–Kier alpha value is -1.09. The molecule has 0 N–H and O–H groups in total. The molecule has 1 aromatic rings. The standard InChI is InChI=1S/C13H20N2O/c1-14-9-5-8-12(14)13(16)10-15(2)11-6-3-4-7-11/h5,8-9,11H,3-4,6-7,10H2,1-2H3. The second kappa shape index (κ2) is 4.83. The molecule has 0 saturated heterocycles. The highest BCUT2D eigenvalue weighted by molar-refractivity contribution is 5.96. The molecule has 2 rings (SSSR count). The van der Waals surface area contributed by atoms with E-state index in [1.165, 1.54) is 25.7 Å². The number of hydrogen-bond acceptors (Lipinski definition) is 2. The highest BCUT2D eigenvalue weighted by atomic mass is 16.1. The Kier molecular flexibility index (Phi) is 3.44. The molecule has 1 saturated carbocycles. The summed E-state index contributed by atoms with van der Waals surface area (Å²) in [6, 6.07) is 4.43. The monoisotopic (exact) mass is 220 g/mol. The first-order valence-corrected chi connectivity index (χ1v) is 6.03. The summed E-state index contributed by atoms with van der Waals surface area (Å²) < 4.78 is 1.89. The number of carbonyl (C=O) groups excluding carboxylic acids is 1. The molecule has 88 valence electrons. The first-order chi connectivity index (χ1) is 7.68. The van der Waals surface area contributed by atoms with Gasteiger partial charge >= 0.3 is 0 Å². The smallest absolute Gasteiger partial charge is 0.193 e. The second-order valence-electron chi connectivity index (χ2n) is 4.78. The van der Waals surface area contributed by atoms with E-state index in [-0.39, 0.29) is 5.78 Å². The van der Waals surface area contributed by atoms with Crippen molar-refractivity contribution in [2.24, 2.45) is 7.05 Å². The molecule has 0 atom stereocenters. The lowest BCUT2D eigenvalue weighted by atomic mass is 10.2. The predicted molar refractivity (Wildman–Crippen MR) is 64.6 cm³/mol. The van der Waals surface area contributed by atoms with Crippen LogP contribution in [0.3, 0.4) is 0 Å². The van der Waals surface area contributed by atoms with Crippen LogP contribution in [0, 0.1) is 0 Å². The Morgan fingerprint density at radius 3 is 2.75 bits per heavy atom. The number of carbonyl (C=O) groups is 1. The van der Waals surface area contributed by atoms with E-state index < -0.39 is 0 Å². The van der Waals surface area contributed by atoms with Crippen LogP contribution in [0.5, 0.6) is 0 Å². The van der Waals surface area contributed by atoms with Gasteiger partial charge in [0.25, 0.3) is 0 Å². The van der Waals surface area contributed by atoms with Gasteiger partial charge in [0.15, 0.2) is 5.78 Å². The molecule has 0 amide bonds. The van der Waals surface area contributed by atoms with Crippen LogP contribution in [0.1, 0.15) is 36.2 Å². The summed E-state index contributed by atoms with van der Waals surface area (Å²) in [7, 11) is 3.99. The number of rotatable bonds is 4. The van der Waals surface area contributed by atoms with Crippen LogP contribution in [-0.2, 0) is 7.05 Å². The van der Waals surface area contributed by atoms with E-state index in [9.17, 15) is 4.79 Å². The first kappa shape index (κ1) is 11.4. The molecular weight excluding hydrogens is 200 g/mol. The molecule has 0 unspecified atom stereocenters. The minimum atomic E-state index is 0.224. The zero-order valence-corrected chi connectivity index (χ0v) is 10.1. The van der Waals surface area contributed by atoms with Crippen molar-refractivity contribution in [3.8, 4) is 0 Å². The number of nitrogens with zero attached hydrogens (tertiary/aromatic N) is 2. The number of ketones is 1. The third-order valence-electron chi connectivity index (χ3n) is 3.57. The van der Waals surface area contributed by atoms with Gasteiger partial charge in [-0.3, -0.25) is 9.69 Å². The molecule has 0 aliphatic heterocycles. The lowest BCUT2D eigenvalue weighted by Gasteiger charge is -2.23. The number of aryl methyl sites for hydroxylation is 1. The molecular formula is C13H20N2O. The van der Waals surface area contributed by atoms with Gasteiger partial charge in [-0.25, -0.2) is 0 Å². The van der Waals surface area contributed by atoms with Crippen molar-refractivity contribution in [2.45, 2.75) is 31.7 Å². The Bertz CT molecular complexity index is 364. The van der Waals surface area contributed by atoms with E-state index in [1.54, 1.807) is 0 Å². The van der Waals surface area contributed by atoms with E-state index in [2.05, 4.69) is 11.9 Å². The maximum absolute atomic E-state index is 12.0. The zero-order valence-electron chi connectivity index (χ0n) is 10.1. The minimum absolute atomic E-state index is 0.224. The largest absolute Gasteiger partial charge is 0.348 e. The number of likely N-dealkylation sites (N-methyl/N-ethyl adjacent to an activating group) is 1. The Morgan fingerprint density at radius 1 is 1.50 bits per heavy atom. The predicted octanol–water partition coefficient (Wildman–Crippen LogP) is 2.08. The molecule has 1 aliphatic carbocycles. The van der Waals surface area contributed by atoms with Crippen LogP contribution in [0.15, 0.2) is 18.3 Å². The summed E-state index contributed by atoms with van der Waals surface area (Å²) in [6.07, 6.45) is 7.04. The van der Waals surface area contributed by atoms with E-state index in [4.69, 9.17) is 0 Å². The Morgan fingerprint density at radius 2 is 2.19 bits per heavy atom. The van der Waals surface area contributed by atoms with Crippen molar-refractivity contribution in [3.05, 3.63) is 24.0 Å².